The molecule has 1 aromatic heterocycles. The van der Waals surface area contributed by atoms with Gasteiger partial charge in [0.2, 0.25) is 0 Å². The summed E-state index contributed by atoms with van der Waals surface area (Å²) in [4.78, 5) is 26.4. The van der Waals surface area contributed by atoms with Crippen molar-refractivity contribution in [2.24, 2.45) is 13.0 Å². The maximum atomic E-state index is 12.1. The molecule has 0 atom stereocenters. The zero-order valence-electron chi connectivity index (χ0n) is 13.1. The molecule has 5 heteroatoms. The third-order valence-corrected chi connectivity index (χ3v) is 4.30. The van der Waals surface area contributed by atoms with Crippen LogP contribution in [0.1, 0.15) is 37.0 Å². The lowest BCUT2D eigenvalue weighted by Gasteiger charge is -2.34. The van der Waals surface area contributed by atoms with Gasteiger partial charge in [-0.15, -0.1) is 0 Å². The Bertz CT molecular complexity index is 543. The Morgan fingerprint density at radius 2 is 2.05 bits per heavy atom. The van der Waals surface area contributed by atoms with E-state index >= 15 is 0 Å². The number of aromatic nitrogens is 1. The van der Waals surface area contributed by atoms with E-state index in [0.717, 1.165) is 25.9 Å². The number of carbonyl (C=O) groups is 1. The first-order valence-electron chi connectivity index (χ1n) is 7.67. The highest BCUT2D eigenvalue weighted by Crippen LogP contribution is 2.18. The standard InChI is InChI=1S/C16H25N3O2/c1-12(2)19-9-6-13(7-10-19)11-17-15(20)14-5-4-8-18(3)16(14)21/h4-5,8,12-13H,6-7,9-11H2,1-3H3,(H,17,20). The summed E-state index contributed by atoms with van der Waals surface area (Å²) in [7, 11) is 1.65. The maximum Gasteiger partial charge on any atom is 0.263 e. The lowest BCUT2D eigenvalue weighted by Crippen LogP contribution is -2.42. The third-order valence-electron chi connectivity index (χ3n) is 4.30. The quantitative estimate of drug-likeness (QED) is 0.908. The van der Waals surface area contributed by atoms with Crippen LogP contribution in [0.3, 0.4) is 0 Å². The fourth-order valence-electron chi connectivity index (χ4n) is 2.78. The molecule has 2 rings (SSSR count). The van der Waals surface area contributed by atoms with Gasteiger partial charge in [0.15, 0.2) is 0 Å². The van der Waals surface area contributed by atoms with Crippen molar-refractivity contribution in [2.45, 2.75) is 32.7 Å². The molecule has 21 heavy (non-hydrogen) atoms. The molecule has 1 aliphatic heterocycles. The van der Waals surface area contributed by atoms with Crippen molar-refractivity contribution >= 4 is 5.91 Å². The Kier molecular flexibility index (Phi) is 5.17. The Balaban J connectivity index is 1.85. The largest absolute Gasteiger partial charge is 0.352 e. The minimum absolute atomic E-state index is 0.222. The number of piperidine rings is 1. The number of nitrogens with one attached hydrogen (secondary N) is 1. The van der Waals surface area contributed by atoms with Gasteiger partial charge in [-0.25, -0.2) is 0 Å². The number of hydrogen-bond acceptors (Lipinski definition) is 3. The summed E-state index contributed by atoms with van der Waals surface area (Å²) < 4.78 is 1.43. The van der Waals surface area contributed by atoms with Gasteiger partial charge in [-0.3, -0.25) is 9.59 Å². The summed E-state index contributed by atoms with van der Waals surface area (Å²) in [6.45, 7) is 7.26. The molecule has 0 saturated carbocycles. The van der Waals surface area contributed by atoms with Crippen LogP contribution in [0, 0.1) is 5.92 Å². The Hall–Kier alpha value is -1.62. The second-order valence-electron chi connectivity index (χ2n) is 6.12. The fraction of sp³-hybridized carbons (Fsp3) is 0.625. The van der Waals surface area contributed by atoms with Gasteiger partial charge in [0, 0.05) is 25.8 Å². The molecule has 1 amide bonds. The highest BCUT2D eigenvalue weighted by molar-refractivity contribution is 5.93. The van der Waals surface area contributed by atoms with Gasteiger partial charge < -0.3 is 14.8 Å². The van der Waals surface area contributed by atoms with E-state index in [1.807, 2.05) is 0 Å². The zero-order chi connectivity index (χ0) is 15.4. The summed E-state index contributed by atoms with van der Waals surface area (Å²) >= 11 is 0. The van der Waals surface area contributed by atoms with Gasteiger partial charge in [0.1, 0.15) is 5.56 Å². The van der Waals surface area contributed by atoms with E-state index in [9.17, 15) is 9.59 Å². The lowest BCUT2D eigenvalue weighted by molar-refractivity contribution is 0.0927. The van der Waals surface area contributed by atoms with E-state index in [1.54, 1.807) is 25.4 Å². The molecule has 1 aromatic rings. The molecule has 0 radical (unpaired) electrons. The monoisotopic (exact) mass is 291 g/mol. The third kappa shape index (κ3) is 3.94. The van der Waals surface area contributed by atoms with Gasteiger partial charge in [-0.1, -0.05) is 0 Å². The van der Waals surface area contributed by atoms with E-state index < -0.39 is 0 Å². The fourth-order valence-corrected chi connectivity index (χ4v) is 2.78. The first-order chi connectivity index (χ1) is 9.99. The van der Waals surface area contributed by atoms with Crippen LogP contribution in [0.25, 0.3) is 0 Å². The molecule has 0 unspecified atom stereocenters. The van der Waals surface area contributed by atoms with Gasteiger partial charge in [0.25, 0.3) is 11.5 Å². The van der Waals surface area contributed by atoms with Crippen molar-refractivity contribution in [2.75, 3.05) is 19.6 Å². The minimum Gasteiger partial charge on any atom is -0.352 e. The van der Waals surface area contributed by atoms with Crippen molar-refractivity contribution in [1.29, 1.82) is 0 Å². The first-order valence-corrected chi connectivity index (χ1v) is 7.67. The van der Waals surface area contributed by atoms with E-state index in [1.165, 1.54) is 4.57 Å². The van der Waals surface area contributed by atoms with E-state index in [0.29, 0.717) is 18.5 Å². The molecule has 0 spiro atoms. The van der Waals surface area contributed by atoms with Crippen LogP contribution in [0.5, 0.6) is 0 Å². The molecule has 0 aliphatic carbocycles. The van der Waals surface area contributed by atoms with E-state index in [4.69, 9.17) is 0 Å². The van der Waals surface area contributed by atoms with Gasteiger partial charge in [-0.05, 0) is 57.8 Å². The molecular formula is C16H25N3O2. The van der Waals surface area contributed by atoms with Gasteiger partial charge >= 0.3 is 0 Å². The number of likely N-dealkylation sites (tertiary alicyclic amines) is 1. The van der Waals surface area contributed by atoms with Gasteiger partial charge in [-0.2, -0.15) is 0 Å². The van der Waals surface area contributed by atoms with Gasteiger partial charge in [0.05, 0.1) is 0 Å². The van der Waals surface area contributed by atoms with Crippen LogP contribution in [0.2, 0.25) is 0 Å². The molecule has 116 valence electrons. The topological polar surface area (TPSA) is 54.3 Å². The number of aryl methyl sites for hydroxylation is 1. The average molecular weight is 291 g/mol. The van der Waals surface area contributed by atoms with Crippen molar-refractivity contribution in [3.63, 3.8) is 0 Å². The summed E-state index contributed by atoms with van der Waals surface area (Å²) in [6, 6.07) is 3.89. The number of pyridine rings is 1. The predicted molar refractivity (Wildman–Crippen MR) is 83.4 cm³/mol. The summed E-state index contributed by atoms with van der Waals surface area (Å²) in [5.41, 5.74) is -0.0238. The average Bonchev–Trinajstić information content (AvgIpc) is 2.48. The van der Waals surface area contributed by atoms with E-state index in [-0.39, 0.29) is 17.0 Å². The molecule has 1 aliphatic rings. The number of hydrogen-bond donors (Lipinski definition) is 1. The second kappa shape index (κ2) is 6.89. The molecule has 1 fully saturated rings. The first kappa shape index (κ1) is 15.8. The zero-order valence-corrected chi connectivity index (χ0v) is 13.1. The van der Waals surface area contributed by atoms with Crippen molar-refractivity contribution in [3.8, 4) is 0 Å². The number of carbonyl (C=O) groups excluding carboxylic acids is 1. The molecule has 1 N–H and O–H groups in total. The van der Waals surface area contributed by atoms with Crippen LogP contribution in [-0.2, 0) is 7.05 Å². The number of amides is 1. The smallest absolute Gasteiger partial charge is 0.263 e. The van der Waals surface area contributed by atoms with Crippen LogP contribution in [0.4, 0.5) is 0 Å². The lowest BCUT2D eigenvalue weighted by atomic mass is 9.96. The molecule has 5 nitrogen and oxygen atoms in total. The second-order valence-corrected chi connectivity index (χ2v) is 6.12. The minimum atomic E-state index is -0.262. The number of nitrogens with zero attached hydrogens (tertiary/aromatic N) is 2. The predicted octanol–water partition coefficient (Wildman–Crippen LogP) is 1.24. The van der Waals surface area contributed by atoms with Crippen molar-refractivity contribution < 1.29 is 4.79 Å². The molecule has 0 bridgehead atoms. The van der Waals surface area contributed by atoms with E-state index in [2.05, 4.69) is 24.1 Å². The van der Waals surface area contributed by atoms with Crippen molar-refractivity contribution in [1.82, 2.24) is 14.8 Å². The Morgan fingerprint density at radius 1 is 1.38 bits per heavy atom. The summed E-state index contributed by atoms with van der Waals surface area (Å²) in [5, 5.41) is 2.91. The summed E-state index contributed by atoms with van der Waals surface area (Å²) in [5.74, 6) is 0.249. The molecule has 2 heterocycles. The normalized spacial score (nSPS) is 17.1. The van der Waals surface area contributed by atoms with Crippen LogP contribution in [-0.4, -0.2) is 41.1 Å². The highest BCUT2D eigenvalue weighted by atomic mass is 16.2. The van der Waals surface area contributed by atoms with Crippen LogP contribution in [0.15, 0.2) is 23.1 Å². The van der Waals surface area contributed by atoms with Crippen LogP contribution < -0.4 is 10.9 Å². The molecule has 1 saturated heterocycles. The number of rotatable bonds is 4. The van der Waals surface area contributed by atoms with Crippen LogP contribution >= 0.6 is 0 Å². The maximum absolute atomic E-state index is 12.1. The molecule has 0 aromatic carbocycles. The Labute approximate surface area is 126 Å². The molecular weight excluding hydrogens is 266 g/mol. The Morgan fingerprint density at radius 3 is 2.67 bits per heavy atom. The SMILES string of the molecule is CC(C)N1CCC(CNC(=O)c2cccn(C)c2=O)CC1. The van der Waals surface area contributed by atoms with Crippen molar-refractivity contribution in [3.05, 3.63) is 34.2 Å². The summed E-state index contributed by atoms with van der Waals surface area (Å²) in [6.07, 6.45) is 3.86. The highest BCUT2D eigenvalue weighted by Gasteiger charge is 2.21.